The fourth-order valence-electron chi connectivity index (χ4n) is 2.30. The first-order valence-electron chi connectivity index (χ1n) is 6.98. The largest absolute Gasteiger partial charge is 0.384 e. The molecule has 96 valence electrons. The Morgan fingerprint density at radius 3 is 2.94 bits per heavy atom. The number of dihydropyridines is 1. The second-order valence-corrected chi connectivity index (χ2v) is 5.03. The fourth-order valence-corrected chi connectivity index (χ4v) is 2.30. The molecule has 1 heteroatoms. The highest BCUT2D eigenvalue weighted by molar-refractivity contribution is 5.44. The molecule has 0 aromatic heterocycles. The first-order valence-corrected chi connectivity index (χ1v) is 6.98. The molecule has 0 bridgehead atoms. The average molecular weight is 241 g/mol. The van der Waals surface area contributed by atoms with Crippen molar-refractivity contribution in [1.29, 1.82) is 0 Å². The normalized spacial score (nSPS) is 31.7. The highest BCUT2D eigenvalue weighted by Gasteiger charge is 2.08. The summed E-state index contributed by atoms with van der Waals surface area (Å²) in [7, 11) is 0. The van der Waals surface area contributed by atoms with Crippen LogP contribution in [0.5, 0.6) is 0 Å². The Hall–Kier alpha value is -1.50. The van der Waals surface area contributed by atoms with Gasteiger partial charge >= 0.3 is 0 Å². The van der Waals surface area contributed by atoms with E-state index in [-0.39, 0.29) is 0 Å². The first-order chi connectivity index (χ1) is 8.79. The Bertz CT molecular complexity index is 433. The molecule has 2 aliphatic rings. The molecule has 0 aromatic rings. The third kappa shape index (κ3) is 3.49. The van der Waals surface area contributed by atoms with Crippen LogP contribution in [0.1, 0.15) is 39.5 Å². The van der Waals surface area contributed by atoms with Gasteiger partial charge in [0.15, 0.2) is 0 Å². The number of rotatable bonds is 2. The molecular weight excluding hydrogens is 218 g/mol. The summed E-state index contributed by atoms with van der Waals surface area (Å²) in [5, 5.41) is 3.45. The van der Waals surface area contributed by atoms with Crippen LogP contribution >= 0.6 is 0 Å². The summed E-state index contributed by atoms with van der Waals surface area (Å²) in [5.41, 5.74) is 4.14. The Morgan fingerprint density at radius 2 is 2.22 bits per heavy atom. The van der Waals surface area contributed by atoms with E-state index in [0.717, 1.165) is 12.8 Å². The summed E-state index contributed by atoms with van der Waals surface area (Å²) < 4.78 is 0. The van der Waals surface area contributed by atoms with Gasteiger partial charge in [-0.15, -0.1) is 0 Å². The molecule has 0 fully saturated rings. The quantitative estimate of drug-likeness (QED) is 0.754. The number of hydrogen-bond donors (Lipinski definition) is 1. The van der Waals surface area contributed by atoms with Gasteiger partial charge < -0.3 is 5.32 Å². The lowest BCUT2D eigenvalue weighted by atomic mass is 9.97. The lowest BCUT2D eigenvalue weighted by Gasteiger charge is -2.18. The molecule has 1 N–H and O–H groups in total. The van der Waals surface area contributed by atoms with Crippen molar-refractivity contribution in [2.75, 3.05) is 0 Å². The average Bonchev–Trinajstić information content (AvgIpc) is 2.51. The van der Waals surface area contributed by atoms with Crippen LogP contribution in [0.2, 0.25) is 0 Å². The minimum absolute atomic E-state index is 0.505. The van der Waals surface area contributed by atoms with Crippen LogP contribution in [0.25, 0.3) is 0 Å². The zero-order valence-electron chi connectivity index (χ0n) is 11.4. The smallest absolute Gasteiger partial charge is 0.0439 e. The van der Waals surface area contributed by atoms with E-state index < -0.39 is 0 Å². The van der Waals surface area contributed by atoms with Crippen LogP contribution < -0.4 is 5.32 Å². The van der Waals surface area contributed by atoms with Crippen molar-refractivity contribution in [1.82, 2.24) is 5.32 Å². The van der Waals surface area contributed by atoms with E-state index in [1.807, 2.05) is 0 Å². The third-order valence-electron chi connectivity index (χ3n) is 3.54. The van der Waals surface area contributed by atoms with E-state index in [2.05, 4.69) is 61.8 Å². The molecule has 0 radical (unpaired) electrons. The molecule has 1 nitrogen and oxygen atoms in total. The highest BCUT2D eigenvalue weighted by Crippen LogP contribution is 2.22. The van der Waals surface area contributed by atoms with Gasteiger partial charge in [0.25, 0.3) is 0 Å². The minimum Gasteiger partial charge on any atom is -0.384 e. The lowest BCUT2D eigenvalue weighted by molar-refractivity contribution is 0.665. The maximum atomic E-state index is 3.45. The van der Waals surface area contributed by atoms with Gasteiger partial charge in [-0.3, -0.25) is 0 Å². The summed E-state index contributed by atoms with van der Waals surface area (Å²) in [6.45, 7) is 4.37. The molecule has 1 aliphatic heterocycles. The Balaban J connectivity index is 2.11. The number of allylic oxidation sites excluding steroid dienone is 8. The van der Waals surface area contributed by atoms with Crippen LogP contribution in [0.15, 0.2) is 59.4 Å². The SMILES string of the molecule is CCC1C=CC(/C2=C/C=C\C(C)=C/CCC2)=CN1. The van der Waals surface area contributed by atoms with E-state index >= 15 is 0 Å². The van der Waals surface area contributed by atoms with Crippen molar-refractivity contribution in [3.8, 4) is 0 Å². The molecule has 0 amide bonds. The summed E-state index contributed by atoms with van der Waals surface area (Å²) in [6.07, 6.45) is 20.4. The molecule has 18 heavy (non-hydrogen) atoms. The van der Waals surface area contributed by atoms with Gasteiger partial charge in [0.1, 0.15) is 0 Å². The molecule has 1 unspecified atom stereocenters. The fraction of sp³-hybridized carbons (Fsp3) is 0.412. The van der Waals surface area contributed by atoms with Crippen molar-refractivity contribution >= 4 is 0 Å². The second kappa shape index (κ2) is 6.44. The van der Waals surface area contributed by atoms with Gasteiger partial charge in [-0.1, -0.05) is 49.0 Å². The molecule has 0 saturated carbocycles. The van der Waals surface area contributed by atoms with E-state index in [1.54, 1.807) is 0 Å². The number of nitrogens with one attached hydrogen (secondary N) is 1. The van der Waals surface area contributed by atoms with Crippen LogP contribution in [0, 0.1) is 0 Å². The van der Waals surface area contributed by atoms with Crippen LogP contribution in [0.4, 0.5) is 0 Å². The maximum Gasteiger partial charge on any atom is 0.0439 e. The van der Waals surface area contributed by atoms with Crippen molar-refractivity contribution in [3.05, 3.63) is 59.4 Å². The van der Waals surface area contributed by atoms with Gasteiger partial charge in [-0.25, -0.2) is 0 Å². The van der Waals surface area contributed by atoms with Crippen LogP contribution in [-0.4, -0.2) is 6.04 Å². The molecule has 0 aromatic carbocycles. The maximum absolute atomic E-state index is 3.45. The first kappa shape index (κ1) is 12.9. The van der Waals surface area contributed by atoms with Gasteiger partial charge in [0.2, 0.25) is 0 Å². The standard InChI is InChI=1S/C17H23N/c1-3-17-12-11-16(13-18-17)15-9-5-4-7-14(2)8-6-10-15/h6-8,10-13,17-18H,3-5,9H2,1-2H3/b8-6-,14-7-,15-10+. The molecule has 1 heterocycles. The molecule has 0 saturated heterocycles. The van der Waals surface area contributed by atoms with E-state index in [9.17, 15) is 0 Å². The van der Waals surface area contributed by atoms with Crippen LogP contribution in [0.3, 0.4) is 0 Å². The Kier molecular flexibility index (Phi) is 4.63. The Morgan fingerprint density at radius 1 is 1.33 bits per heavy atom. The van der Waals surface area contributed by atoms with Crippen molar-refractivity contribution < 1.29 is 0 Å². The molecule has 1 aliphatic carbocycles. The van der Waals surface area contributed by atoms with Gasteiger partial charge in [0.05, 0.1) is 0 Å². The van der Waals surface area contributed by atoms with Crippen molar-refractivity contribution in [2.45, 2.75) is 45.6 Å². The number of hydrogen-bond acceptors (Lipinski definition) is 1. The van der Waals surface area contributed by atoms with Gasteiger partial charge in [0, 0.05) is 12.2 Å². The van der Waals surface area contributed by atoms with E-state index in [0.29, 0.717) is 6.04 Å². The zero-order valence-corrected chi connectivity index (χ0v) is 11.4. The van der Waals surface area contributed by atoms with E-state index in [4.69, 9.17) is 0 Å². The zero-order chi connectivity index (χ0) is 12.8. The van der Waals surface area contributed by atoms with Crippen molar-refractivity contribution in [2.24, 2.45) is 0 Å². The summed E-state index contributed by atoms with van der Waals surface area (Å²) in [5.74, 6) is 0. The lowest BCUT2D eigenvalue weighted by Crippen LogP contribution is -2.23. The molecule has 2 rings (SSSR count). The third-order valence-corrected chi connectivity index (χ3v) is 3.54. The predicted octanol–water partition coefficient (Wildman–Crippen LogP) is 4.42. The Labute approximate surface area is 111 Å². The molecule has 0 spiro atoms. The summed E-state index contributed by atoms with van der Waals surface area (Å²) >= 11 is 0. The minimum atomic E-state index is 0.505. The molecular formula is C17H23N. The highest BCUT2D eigenvalue weighted by atomic mass is 14.9. The van der Waals surface area contributed by atoms with Crippen molar-refractivity contribution in [3.63, 3.8) is 0 Å². The topological polar surface area (TPSA) is 12.0 Å². The monoisotopic (exact) mass is 241 g/mol. The summed E-state index contributed by atoms with van der Waals surface area (Å²) in [4.78, 5) is 0. The van der Waals surface area contributed by atoms with Crippen LogP contribution in [-0.2, 0) is 0 Å². The summed E-state index contributed by atoms with van der Waals surface area (Å²) in [6, 6.07) is 0.505. The van der Waals surface area contributed by atoms with Gasteiger partial charge in [-0.05, 0) is 43.8 Å². The van der Waals surface area contributed by atoms with Gasteiger partial charge in [-0.2, -0.15) is 0 Å². The molecule has 1 atom stereocenters. The van der Waals surface area contributed by atoms with E-state index in [1.165, 1.54) is 29.6 Å². The predicted molar refractivity (Wildman–Crippen MR) is 79.3 cm³/mol. The second-order valence-electron chi connectivity index (χ2n) is 5.03.